The van der Waals surface area contributed by atoms with Gasteiger partial charge in [-0.3, -0.25) is 9.59 Å². The summed E-state index contributed by atoms with van der Waals surface area (Å²) in [5, 5.41) is 6.20. The maximum absolute atomic E-state index is 11.8. The van der Waals surface area contributed by atoms with Gasteiger partial charge < -0.3 is 14.8 Å². The summed E-state index contributed by atoms with van der Waals surface area (Å²) in [5.41, 5.74) is 3.29. The van der Waals surface area contributed by atoms with Gasteiger partial charge in [-0.05, 0) is 46.9 Å². The van der Waals surface area contributed by atoms with E-state index in [1.165, 1.54) is 30.2 Å². The molecule has 5 rings (SSSR count). The first-order valence-corrected chi connectivity index (χ1v) is 10.5. The van der Waals surface area contributed by atoms with Crippen LogP contribution < -0.4 is 14.8 Å². The van der Waals surface area contributed by atoms with Gasteiger partial charge in [0, 0.05) is 37.1 Å². The lowest BCUT2D eigenvalue weighted by atomic mass is 9.75. The summed E-state index contributed by atoms with van der Waals surface area (Å²) in [5.74, 6) is 0.495. The summed E-state index contributed by atoms with van der Waals surface area (Å²) in [6, 6.07) is 17.9. The van der Waals surface area contributed by atoms with Crippen molar-refractivity contribution in [3.05, 3.63) is 77.9 Å². The number of ether oxygens (including phenoxy) is 2. The topological polar surface area (TPSA) is 64.6 Å². The van der Waals surface area contributed by atoms with Gasteiger partial charge in [0.15, 0.2) is 0 Å². The Balaban J connectivity index is 1.61. The number of allylic oxidation sites excluding steroid dienone is 2. The summed E-state index contributed by atoms with van der Waals surface area (Å²) in [6.45, 7) is 2.72. The molecule has 0 aromatic heterocycles. The minimum absolute atomic E-state index is 0.0469. The Morgan fingerprint density at radius 1 is 0.968 bits per heavy atom. The molecule has 1 aliphatic carbocycles. The molecule has 31 heavy (non-hydrogen) atoms. The molecule has 3 aromatic rings. The third kappa shape index (κ3) is 3.46. The molecule has 3 aromatic carbocycles. The minimum Gasteiger partial charge on any atom is -0.427 e. The van der Waals surface area contributed by atoms with Gasteiger partial charge in [-0.25, -0.2) is 0 Å². The van der Waals surface area contributed by atoms with Gasteiger partial charge >= 0.3 is 11.9 Å². The van der Waals surface area contributed by atoms with Gasteiger partial charge in [0.2, 0.25) is 0 Å². The van der Waals surface area contributed by atoms with Gasteiger partial charge in [-0.2, -0.15) is 0 Å². The molecule has 3 atom stereocenters. The molecule has 2 aliphatic rings. The van der Waals surface area contributed by atoms with Gasteiger partial charge in [0.05, 0.1) is 6.04 Å². The summed E-state index contributed by atoms with van der Waals surface area (Å²) in [6.07, 6.45) is 5.46. The molecule has 1 heterocycles. The highest BCUT2D eigenvalue weighted by Crippen LogP contribution is 2.53. The number of esters is 2. The zero-order valence-corrected chi connectivity index (χ0v) is 17.4. The van der Waals surface area contributed by atoms with Gasteiger partial charge in [-0.15, -0.1) is 0 Å². The molecular formula is C26H23NO4. The quantitative estimate of drug-likeness (QED) is 0.348. The third-order valence-corrected chi connectivity index (χ3v) is 6.09. The van der Waals surface area contributed by atoms with E-state index in [1.54, 1.807) is 12.1 Å². The van der Waals surface area contributed by atoms with Gasteiger partial charge in [0.25, 0.3) is 0 Å². The second kappa shape index (κ2) is 7.58. The summed E-state index contributed by atoms with van der Waals surface area (Å²) < 4.78 is 10.7. The normalized spacial score (nSPS) is 21.2. The molecule has 0 fully saturated rings. The van der Waals surface area contributed by atoms with Crippen LogP contribution in [0.2, 0.25) is 0 Å². The van der Waals surface area contributed by atoms with Crippen LogP contribution in [0, 0.1) is 5.92 Å². The molecule has 0 radical (unpaired) electrons. The number of rotatable bonds is 3. The molecule has 5 heteroatoms. The van der Waals surface area contributed by atoms with E-state index >= 15 is 0 Å². The smallest absolute Gasteiger partial charge is 0.308 e. The molecule has 5 nitrogen and oxygen atoms in total. The first-order valence-electron chi connectivity index (χ1n) is 10.5. The first-order chi connectivity index (χ1) is 15.0. The van der Waals surface area contributed by atoms with Crippen molar-refractivity contribution in [3.8, 4) is 11.5 Å². The second-order valence-electron chi connectivity index (χ2n) is 8.11. The highest BCUT2D eigenvalue weighted by atomic mass is 16.5. The Bertz CT molecular complexity index is 1230. The molecule has 3 unspecified atom stereocenters. The van der Waals surface area contributed by atoms with Gasteiger partial charge in [0.1, 0.15) is 11.5 Å². The highest BCUT2D eigenvalue weighted by molar-refractivity contribution is 5.92. The number of benzene rings is 3. The van der Waals surface area contributed by atoms with Crippen molar-refractivity contribution < 1.29 is 19.1 Å². The van der Waals surface area contributed by atoms with Crippen LogP contribution in [-0.2, 0) is 9.59 Å². The molecule has 0 spiro atoms. The van der Waals surface area contributed by atoms with Crippen molar-refractivity contribution in [1.82, 2.24) is 0 Å². The lowest BCUT2D eigenvalue weighted by molar-refractivity contribution is -0.132. The summed E-state index contributed by atoms with van der Waals surface area (Å²) in [7, 11) is 0. The number of hydrogen-bond donors (Lipinski definition) is 1. The van der Waals surface area contributed by atoms with E-state index in [0.29, 0.717) is 11.5 Å². The predicted molar refractivity (Wildman–Crippen MR) is 119 cm³/mol. The lowest BCUT2D eigenvalue weighted by Gasteiger charge is -2.38. The number of carbonyl (C=O) groups is 2. The van der Waals surface area contributed by atoms with E-state index < -0.39 is 11.9 Å². The fourth-order valence-corrected chi connectivity index (χ4v) is 4.93. The Labute approximate surface area is 180 Å². The molecule has 0 bridgehead atoms. The van der Waals surface area contributed by atoms with Crippen LogP contribution >= 0.6 is 0 Å². The second-order valence-corrected chi connectivity index (χ2v) is 8.11. The molecule has 0 saturated carbocycles. The Kier molecular flexibility index (Phi) is 4.74. The zero-order chi connectivity index (χ0) is 21.5. The van der Waals surface area contributed by atoms with Crippen molar-refractivity contribution in [1.29, 1.82) is 0 Å². The first kappa shape index (κ1) is 19.4. The van der Waals surface area contributed by atoms with Crippen LogP contribution in [0.3, 0.4) is 0 Å². The number of carbonyl (C=O) groups excluding carboxylic acids is 2. The van der Waals surface area contributed by atoms with Crippen LogP contribution in [0.5, 0.6) is 11.5 Å². The SMILES string of the molecule is CC(=O)Oc1ccc(C2Nc3ccc4ccccc4c3C3C=CCC32)c(OC(C)=O)c1. The van der Waals surface area contributed by atoms with Crippen molar-refractivity contribution in [2.24, 2.45) is 5.92 Å². The van der Waals surface area contributed by atoms with Crippen molar-refractivity contribution >= 4 is 28.4 Å². The minimum atomic E-state index is -0.418. The van der Waals surface area contributed by atoms with Gasteiger partial charge in [-0.1, -0.05) is 42.5 Å². The van der Waals surface area contributed by atoms with Crippen LogP contribution in [0.4, 0.5) is 5.69 Å². The van der Waals surface area contributed by atoms with Crippen molar-refractivity contribution in [2.45, 2.75) is 32.2 Å². The van der Waals surface area contributed by atoms with Crippen LogP contribution in [0.15, 0.2) is 66.7 Å². The average Bonchev–Trinajstić information content (AvgIpc) is 3.22. The van der Waals surface area contributed by atoms with Crippen LogP contribution in [-0.4, -0.2) is 11.9 Å². The molecule has 1 aliphatic heterocycles. The Morgan fingerprint density at radius 3 is 2.58 bits per heavy atom. The Morgan fingerprint density at radius 2 is 1.77 bits per heavy atom. The van der Waals surface area contributed by atoms with E-state index in [0.717, 1.165) is 17.7 Å². The van der Waals surface area contributed by atoms with Crippen LogP contribution in [0.1, 0.15) is 43.4 Å². The van der Waals surface area contributed by atoms with E-state index in [4.69, 9.17) is 9.47 Å². The fourth-order valence-electron chi connectivity index (χ4n) is 4.93. The van der Waals surface area contributed by atoms with E-state index in [9.17, 15) is 9.59 Å². The maximum Gasteiger partial charge on any atom is 0.308 e. The summed E-state index contributed by atoms with van der Waals surface area (Å²) in [4.78, 5) is 23.2. The molecule has 156 valence electrons. The monoisotopic (exact) mass is 413 g/mol. The van der Waals surface area contributed by atoms with E-state index in [-0.39, 0.29) is 17.9 Å². The lowest BCUT2D eigenvalue weighted by Crippen LogP contribution is -2.29. The molecule has 0 saturated heterocycles. The standard InChI is InChI=1S/C26H23NO4/c1-15(28)30-18-11-12-22(24(14-18)31-16(2)29)26-21-9-5-8-20(21)25-19-7-4-3-6-17(19)10-13-23(25)27-26/h3-8,10-14,20-21,26-27H,9H2,1-2H3. The third-order valence-electron chi connectivity index (χ3n) is 6.09. The number of anilines is 1. The number of nitrogens with one attached hydrogen (secondary N) is 1. The molecule has 0 amide bonds. The average molecular weight is 413 g/mol. The van der Waals surface area contributed by atoms with E-state index in [2.05, 4.69) is 53.9 Å². The largest absolute Gasteiger partial charge is 0.427 e. The highest BCUT2D eigenvalue weighted by Gasteiger charge is 2.40. The van der Waals surface area contributed by atoms with Crippen LogP contribution in [0.25, 0.3) is 10.8 Å². The van der Waals surface area contributed by atoms with Crippen molar-refractivity contribution in [3.63, 3.8) is 0 Å². The van der Waals surface area contributed by atoms with Crippen molar-refractivity contribution in [2.75, 3.05) is 5.32 Å². The summed E-state index contributed by atoms with van der Waals surface area (Å²) >= 11 is 0. The zero-order valence-electron chi connectivity index (χ0n) is 17.4. The number of fused-ring (bicyclic) bond motifs is 5. The maximum atomic E-state index is 11.8. The Hall–Kier alpha value is -3.60. The van der Waals surface area contributed by atoms with E-state index in [1.807, 2.05) is 6.07 Å². The molecule has 1 N–H and O–H groups in total. The fraction of sp³-hybridized carbons (Fsp3) is 0.231. The number of hydrogen-bond acceptors (Lipinski definition) is 5. The molecular weight excluding hydrogens is 390 g/mol. The predicted octanol–water partition coefficient (Wildman–Crippen LogP) is 5.52.